The lowest BCUT2D eigenvalue weighted by Crippen LogP contribution is -1.95. The van der Waals surface area contributed by atoms with E-state index >= 15 is 0 Å². The maximum absolute atomic E-state index is 7.22. The Morgan fingerprint density at radius 1 is 1.11 bits per heavy atom. The standard InChI is InChI=1S/C15H14N4/c1-9(16)15(19-17)10-6-7-12-11-4-2-3-5-13(11)18-14(12)8-10/h2-8,17-18H,16H2,1H3/b15-9-,19-17?. The van der Waals surface area contributed by atoms with Crippen molar-refractivity contribution in [3.05, 3.63) is 53.7 Å². The van der Waals surface area contributed by atoms with Gasteiger partial charge >= 0.3 is 0 Å². The second-order valence-corrected chi connectivity index (χ2v) is 4.57. The van der Waals surface area contributed by atoms with Gasteiger partial charge in [0.1, 0.15) is 5.70 Å². The molecular weight excluding hydrogens is 236 g/mol. The summed E-state index contributed by atoms with van der Waals surface area (Å²) in [6.45, 7) is 1.75. The number of benzene rings is 2. The summed E-state index contributed by atoms with van der Waals surface area (Å²) in [6, 6.07) is 14.1. The van der Waals surface area contributed by atoms with Crippen LogP contribution in [0.15, 0.2) is 53.3 Å². The lowest BCUT2D eigenvalue weighted by Gasteiger charge is -2.03. The lowest BCUT2D eigenvalue weighted by atomic mass is 10.1. The van der Waals surface area contributed by atoms with E-state index in [1.165, 1.54) is 10.8 Å². The van der Waals surface area contributed by atoms with Crippen molar-refractivity contribution in [3.63, 3.8) is 0 Å². The average molecular weight is 250 g/mol. The molecule has 0 saturated heterocycles. The molecule has 1 aromatic heterocycles. The molecule has 0 aliphatic heterocycles. The molecule has 3 aromatic rings. The predicted molar refractivity (Wildman–Crippen MR) is 77.7 cm³/mol. The van der Waals surface area contributed by atoms with Crippen LogP contribution in [0.3, 0.4) is 0 Å². The fraction of sp³-hybridized carbons (Fsp3) is 0.0667. The Kier molecular flexibility index (Phi) is 2.56. The van der Waals surface area contributed by atoms with Crippen molar-refractivity contribution in [2.24, 2.45) is 10.8 Å². The van der Waals surface area contributed by atoms with E-state index in [2.05, 4.69) is 22.2 Å². The lowest BCUT2D eigenvalue weighted by molar-refractivity contribution is 1.12. The summed E-state index contributed by atoms with van der Waals surface area (Å²) in [5.74, 6) is 0. The fourth-order valence-corrected chi connectivity index (χ4v) is 2.38. The van der Waals surface area contributed by atoms with E-state index in [-0.39, 0.29) is 0 Å². The summed E-state index contributed by atoms with van der Waals surface area (Å²) in [6.07, 6.45) is 0. The van der Waals surface area contributed by atoms with E-state index in [1.807, 2.05) is 30.3 Å². The normalized spacial score (nSPS) is 12.7. The van der Waals surface area contributed by atoms with Crippen LogP contribution in [0, 0.1) is 5.53 Å². The molecule has 0 saturated carbocycles. The van der Waals surface area contributed by atoms with E-state index in [0.717, 1.165) is 16.6 Å². The van der Waals surface area contributed by atoms with E-state index in [1.54, 1.807) is 6.92 Å². The van der Waals surface area contributed by atoms with Crippen molar-refractivity contribution in [1.29, 1.82) is 5.53 Å². The highest BCUT2D eigenvalue weighted by atomic mass is 15.0. The first-order chi connectivity index (χ1) is 9.20. The van der Waals surface area contributed by atoms with Gasteiger partial charge in [-0.1, -0.05) is 30.3 Å². The predicted octanol–water partition coefficient (Wildman–Crippen LogP) is 4.00. The number of nitrogens with zero attached hydrogens (tertiary/aromatic N) is 1. The monoisotopic (exact) mass is 250 g/mol. The van der Waals surface area contributed by atoms with Crippen LogP contribution in [0.25, 0.3) is 27.5 Å². The maximum atomic E-state index is 7.22. The molecule has 0 aliphatic rings. The Balaban J connectivity index is 2.30. The van der Waals surface area contributed by atoms with Gasteiger partial charge in [-0.3, -0.25) is 0 Å². The summed E-state index contributed by atoms with van der Waals surface area (Å²) in [5.41, 5.74) is 17.0. The van der Waals surface area contributed by atoms with Gasteiger partial charge in [-0.05, 0) is 19.1 Å². The van der Waals surface area contributed by atoms with Crippen LogP contribution in [0.5, 0.6) is 0 Å². The van der Waals surface area contributed by atoms with E-state index in [4.69, 9.17) is 11.3 Å². The number of hydrogen-bond donors (Lipinski definition) is 3. The SMILES string of the molecule is C/C(N)=C(/N=N)c1ccc2c(c1)[nH]c1ccccc12. The van der Waals surface area contributed by atoms with Gasteiger partial charge in [0.2, 0.25) is 0 Å². The minimum absolute atomic E-state index is 0.514. The number of nitrogens with one attached hydrogen (secondary N) is 2. The Morgan fingerprint density at radius 2 is 1.84 bits per heavy atom. The Bertz CT molecular complexity index is 807. The van der Waals surface area contributed by atoms with Crippen LogP contribution in [-0.2, 0) is 0 Å². The van der Waals surface area contributed by atoms with E-state index in [9.17, 15) is 0 Å². The minimum atomic E-state index is 0.514. The smallest absolute Gasteiger partial charge is 0.111 e. The van der Waals surface area contributed by atoms with Gasteiger partial charge in [0, 0.05) is 33.1 Å². The van der Waals surface area contributed by atoms with Crippen LogP contribution in [0.2, 0.25) is 0 Å². The molecule has 0 aliphatic carbocycles. The van der Waals surface area contributed by atoms with Crippen molar-refractivity contribution < 1.29 is 0 Å². The van der Waals surface area contributed by atoms with Crippen molar-refractivity contribution in [1.82, 2.24) is 4.98 Å². The maximum Gasteiger partial charge on any atom is 0.111 e. The third-order valence-corrected chi connectivity index (χ3v) is 3.26. The number of nitrogens with two attached hydrogens (primary N) is 1. The number of para-hydroxylation sites is 1. The van der Waals surface area contributed by atoms with Crippen molar-refractivity contribution in [2.45, 2.75) is 6.92 Å². The number of hydrogen-bond acceptors (Lipinski definition) is 3. The Labute approximate surface area is 110 Å². The Morgan fingerprint density at radius 3 is 2.58 bits per heavy atom. The molecule has 0 bridgehead atoms. The zero-order valence-corrected chi connectivity index (χ0v) is 10.6. The average Bonchev–Trinajstić information content (AvgIpc) is 2.76. The second-order valence-electron chi connectivity index (χ2n) is 4.57. The van der Waals surface area contributed by atoms with Crippen molar-refractivity contribution in [2.75, 3.05) is 0 Å². The molecule has 19 heavy (non-hydrogen) atoms. The van der Waals surface area contributed by atoms with Gasteiger partial charge in [0.05, 0.1) is 0 Å². The van der Waals surface area contributed by atoms with Crippen molar-refractivity contribution in [3.8, 4) is 0 Å². The summed E-state index contributed by atoms with van der Waals surface area (Å²) >= 11 is 0. The first-order valence-corrected chi connectivity index (χ1v) is 6.05. The molecule has 0 radical (unpaired) electrons. The molecule has 3 rings (SSSR count). The quantitative estimate of drug-likeness (QED) is 0.590. The number of allylic oxidation sites excluding steroid dienone is 1. The van der Waals surface area contributed by atoms with Gasteiger partial charge in [-0.15, -0.1) is 0 Å². The van der Waals surface area contributed by atoms with Crippen molar-refractivity contribution >= 4 is 27.5 Å². The van der Waals surface area contributed by atoms with Gasteiger partial charge in [0.25, 0.3) is 0 Å². The summed E-state index contributed by atoms with van der Waals surface area (Å²) < 4.78 is 0. The van der Waals surface area contributed by atoms with Crippen LogP contribution in [-0.4, -0.2) is 4.98 Å². The van der Waals surface area contributed by atoms with E-state index in [0.29, 0.717) is 11.4 Å². The number of fused-ring (bicyclic) bond motifs is 3. The topological polar surface area (TPSA) is 78.0 Å². The first-order valence-electron chi connectivity index (χ1n) is 6.05. The Hall–Kier alpha value is -2.62. The molecule has 0 fully saturated rings. The summed E-state index contributed by atoms with van der Waals surface area (Å²) in [4.78, 5) is 3.37. The molecule has 0 unspecified atom stereocenters. The van der Waals surface area contributed by atoms with E-state index < -0.39 is 0 Å². The number of rotatable bonds is 2. The van der Waals surface area contributed by atoms with Gasteiger partial charge < -0.3 is 10.7 Å². The molecule has 0 spiro atoms. The van der Waals surface area contributed by atoms with Gasteiger partial charge in [0.15, 0.2) is 0 Å². The molecule has 4 N–H and O–H groups in total. The number of aromatic nitrogens is 1. The summed E-state index contributed by atoms with van der Waals surface area (Å²) in [7, 11) is 0. The first kappa shape index (κ1) is 11.5. The van der Waals surface area contributed by atoms with Crippen LogP contribution >= 0.6 is 0 Å². The van der Waals surface area contributed by atoms with Crippen LogP contribution in [0.4, 0.5) is 0 Å². The minimum Gasteiger partial charge on any atom is -0.400 e. The molecule has 94 valence electrons. The third kappa shape index (κ3) is 1.78. The van der Waals surface area contributed by atoms with Crippen LogP contribution in [0.1, 0.15) is 12.5 Å². The number of aromatic amines is 1. The second kappa shape index (κ2) is 4.24. The molecule has 4 heteroatoms. The highest BCUT2D eigenvalue weighted by molar-refractivity contribution is 6.07. The van der Waals surface area contributed by atoms with Gasteiger partial charge in [-0.2, -0.15) is 5.11 Å². The van der Waals surface area contributed by atoms with Gasteiger partial charge in [-0.25, -0.2) is 5.53 Å². The fourth-order valence-electron chi connectivity index (χ4n) is 2.38. The largest absolute Gasteiger partial charge is 0.400 e. The molecule has 0 amide bonds. The summed E-state index contributed by atoms with van der Waals surface area (Å²) in [5, 5.41) is 5.87. The highest BCUT2D eigenvalue weighted by Crippen LogP contribution is 2.28. The molecule has 2 aromatic carbocycles. The molecular formula is C15H14N4. The molecule has 1 heterocycles. The molecule has 0 atom stereocenters. The highest BCUT2D eigenvalue weighted by Gasteiger charge is 2.07. The zero-order valence-electron chi connectivity index (χ0n) is 10.6. The van der Waals surface area contributed by atoms with Crippen LogP contribution < -0.4 is 5.73 Å². The third-order valence-electron chi connectivity index (χ3n) is 3.26. The molecule has 4 nitrogen and oxygen atoms in total. The zero-order chi connectivity index (χ0) is 13.4. The number of H-pyrrole nitrogens is 1.